The molecule has 4 heterocycles. The van der Waals surface area contributed by atoms with Gasteiger partial charge in [-0.3, -0.25) is 0 Å². The van der Waals surface area contributed by atoms with Crippen LogP contribution in [0.15, 0.2) is 164 Å². The maximum absolute atomic E-state index is 2.96. The molecule has 0 saturated heterocycles. The van der Waals surface area contributed by atoms with Crippen molar-refractivity contribution in [3.8, 4) is 11.1 Å². The summed E-state index contributed by atoms with van der Waals surface area (Å²) < 4.78 is 0. The summed E-state index contributed by atoms with van der Waals surface area (Å²) in [6, 6.07) is 65.0. The maximum atomic E-state index is 2.96. The van der Waals surface area contributed by atoms with Gasteiger partial charge in [-0.05, 0) is 153 Å². The lowest BCUT2D eigenvalue weighted by atomic mass is 9.33. The van der Waals surface area contributed by atoms with E-state index in [-0.39, 0.29) is 39.5 Å². The van der Waals surface area contributed by atoms with E-state index in [4.69, 9.17) is 0 Å². The Kier molecular flexibility index (Phi) is 9.45. The Balaban J connectivity index is 1.13. The minimum atomic E-state index is -0.211. The molecule has 0 spiro atoms. The predicted molar refractivity (Wildman–Crippen MR) is 312 cm³/mol. The molecular formula is C69H70BN3. The van der Waals surface area contributed by atoms with E-state index in [1.54, 1.807) is 0 Å². The maximum Gasteiger partial charge on any atom is 0.252 e. The lowest BCUT2D eigenvalue weighted by Gasteiger charge is -2.54. The highest BCUT2D eigenvalue weighted by atomic mass is 15.3. The number of hydrogen-bond acceptors (Lipinski definition) is 3. The van der Waals surface area contributed by atoms with Crippen molar-refractivity contribution in [2.75, 3.05) is 14.7 Å². The fourth-order valence-electron chi connectivity index (χ4n) is 16.0. The normalized spacial score (nSPS) is 24.5. The van der Waals surface area contributed by atoms with Crippen LogP contribution >= 0.6 is 0 Å². The number of benzene rings is 8. The average molecular weight is 952 g/mol. The number of hydrogen-bond donors (Lipinski definition) is 0. The first-order valence-electron chi connectivity index (χ1n) is 27.7. The van der Waals surface area contributed by atoms with E-state index >= 15 is 0 Å². The molecule has 8 aromatic rings. The zero-order chi connectivity index (χ0) is 50.0. The summed E-state index contributed by atoms with van der Waals surface area (Å²) in [5.41, 5.74) is 22.8. The van der Waals surface area contributed by atoms with E-state index in [2.05, 4.69) is 241 Å². The van der Waals surface area contributed by atoms with E-state index in [1.807, 2.05) is 0 Å². The average Bonchev–Trinajstić information content (AvgIpc) is 3.77. The van der Waals surface area contributed by atoms with Gasteiger partial charge in [-0.2, -0.15) is 0 Å². The summed E-state index contributed by atoms with van der Waals surface area (Å²) in [5.74, 6) is 0. The van der Waals surface area contributed by atoms with Crippen molar-refractivity contribution in [2.24, 2.45) is 0 Å². The van der Waals surface area contributed by atoms with Crippen LogP contribution in [0.3, 0.4) is 0 Å². The Hall–Kier alpha value is -6.52. The molecule has 6 aliphatic rings. The van der Waals surface area contributed by atoms with Gasteiger partial charge in [0.2, 0.25) is 0 Å². The molecule has 0 radical (unpaired) electrons. The van der Waals surface area contributed by atoms with Crippen molar-refractivity contribution in [3.63, 3.8) is 0 Å². The molecule has 3 nitrogen and oxygen atoms in total. The van der Waals surface area contributed by atoms with Gasteiger partial charge in [0, 0.05) is 50.5 Å². The highest BCUT2D eigenvalue weighted by Gasteiger charge is 2.65. The van der Waals surface area contributed by atoms with Crippen molar-refractivity contribution < 1.29 is 0 Å². The topological polar surface area (TPSA) is 9.72 Å². The molecule has 0 amide bonds. The zero-order valence-electron chi connectivity index (χ0n) is 44.7. The summed E-state index contributed by atoms with van der Waals surface area (Å²) in [6.45, 7) is 22.1. The molecule has 2 aliphatic carbocycles. The third-order valence-corrected chi connectivity index (χ3v) is 20.0. The van der Waals surface area contributed by atoms with Crippen LogP contribution in [0.25, 0.3) is 21.9 Å². The third-order valence-electron chi connectivity index (χ3n) is 20.0. The van der Waals surface area contributed by atoms with E-state index in [0.29, 0.717) is 0 Å². The van der Waals surface area contributed by atoms with E-state index in [1.165, 1.54) is 138 Å². The summed E-state index contributed by atoms with van der Waals surface area (Å²) in [7, 11) is 0. The molecule has 73 heavy (non-hydrogen) atoms. The zero-order valence-corrected chi connectivity index (χ0v) is 44.7. The molecule has 2 fully saturated rings. The Morgan fingerprint density at radius 1 is 0.452 bits per heavy atom. The summed E-state index contributed by atoms with van der Waals surface area (Å²) in [4.78, 5) is 8.54. The molecule has 8 aromatic carbocycles. The van der Waals surface area contributed by atoms with E-state index in [0.717, 1.165) is 19.3 Å². The first-order valence-corrected chi connectivity index (χ1v) is 27.7. The third kappa shape index (κ3) is 5.96. The molecule has 0 aromatic heterocycles. The summed E-state index contributed by atoms with van der Waals surface area (Å²) >= 11 is 0. The summed E-state index contributed by atoms with van der Waals surface area (Å²) in [5, 5.41) is 2.53. The van der Waals surface area contributed by atoms with Gasteiger partial charge in [0.05, 0.1) is 16.8 Å². The Morgan fingerprint density at radius 2 is 1.10 bits per heavy atom. The van der Waals surface area contributed by atoms with Crippen LogP contribution in [0.1, 0.15) is 141 Å². The van der Waals surface area contributed by atoms with Gasteiger partial charge in [-0.25, -0.2) is 0 Å². The molecule has 4 atom stereocenters. The van der Waals surface area contributed by atoms with Gasteiger partial charge in [-0.15, -0.1) is 0 Å². The quantitative estimate of drug-likeness (QED) is 0.163. The minimum Gasteiger partial charge on any atom is -0.335 e. The molecule has 14 rings (SSSR count). The molecule has 4 heteroatoms. The molecule has 4 aliphatic heterocycles. The second-order valence-corrected chi connectivity index (χ2v) is 25.7. The predicted octanol–water partition coefficient (Wildman–Crippen LogP) is 16.2. The second-order valence-electron chi connectivity index (χ2n) is 25.7. The molecule has 4 unspecified atom stereocenters. The number of nitrogens with zero attached hydrogens (tertiary/aromatic N) is 3. The van der Waals surface area contributed by atoms with Gasteiger partial charge in [0.1, 0.15) is 0 Å². The van der Waals surface area contributed by atoms with Crippen LogP contribution in [-0.4, -0.2) is 17.8 Å². The van der Waals surface area contributed by atoms with Gasteiger partial charge in [0.15, 0.2) is 0 Å². The van der Waals surface area contributed by atoms with Crippen LogP contribution in [-0.2, 0) is 21.7 Å². The van der Waals surface area contributed by atoms with Crippen LogP contribution in [0.4, 0.5) is 39.8 Å². The number of rotatable bonds is 4. The van der Waals surface area contributed by atoms with Crippen LogP contribution in [0.2, 0.25) is 0 Å². The lowest BCUT2D eigenvalue weighted by Crippen LogP contribution is -2.65. The van der Waals surface area contributed by atoms with Crippen LogP contribution in [0, 0.1) is 0 Å². The smallest absolute Gasteiger partial charge is 0.252 e. The monoisotopic (exact) mass is 952 g/mol. The molecule has 0 N–H and O–H groups in total. The Labute approximate surface area is 435 Å². The van der Waals surface area contributed by atoms with Gasteiger partial charge in [-0.1, -0.05) is 195 Å². The standard InChI is InChI=1S/C69H70BN3/c1-64(2,3)49-32-34-57(52(41-49)47-31-30-45-22-13-14-23-46(45)40-47)71-59-35-33-50(65(4,5)6)42-56(59)70-55-28-21-27-54-63(55)73(68(9)38-19-20-39-69(54,68)48-24-11-10-12-25-48)61-44-51(43-60(71)62(61)70)72-58-29-16-15-26-53(58)66(7)36-17-18-37-67(66,72)8/h10-16,21-35,40-44H,17-20,36-39H2,1-9H3. The second kappa shape index (κ2) is 15.3. The highest BCUT2D eigenvalue weighted by Crippen LogP contribution is 2.66. The van der Waals surface area contributed by atoms with Crippen molar-refractivity contribution in [1.29, 1.82) is 0 Å². The largest absolute Gasteiger partial charge is 0.335 e. The summed E-state index contributed by atoms with van der Waals surface area (Å²) in [6.07, 6.45) is 9.54. The highest BCUT2D eigenvalue weighted by molar-refractivity contribution is 7.00. The number of anilines is 7. The molecule has 0 bridgehead atoms. The van der Waals surface area contributed by atoms with Crippen LogP contribution < -0.4 is 31.1 Å². The molecule has 2 saturated carbocycles. The van der Waals surface area contributed by atoms with Gasteiger partial charge < -0.3 is 14.7 Å². The first kappa shape index (κ1) is 45.1. The Morgan fingerprint density at radius 3 is 1.88 bits per heavy atom. The van der Waals surface area contributed by atoms with Crippen molar-refractivity contribution in [1.82, 2.24) is 0 Å². The van der Waals surface area contributed by atoms with Crippen molar-refractivity contribution >= 4 is 73.7 Å². The lowest BCUT2D eigenvalue weighted by molar-refractivity contribution is 0.195. The van der Waals surface area contributed by atoms with E-state index in [9.17, 15) is 0 Å². The fraction of sp³-hybridized carbons (Fsp3) is 0.333. The van der Waals surface area contributed by atoms with Crippen LogP contribution in [0.5, 0.6) is 0 Å². The van der Waals surface area contributed by atoms with Gasteiger partial charge in [0.25, 0.3) is 6.71 Å². The molecular weight excluding hydrogens is 882 g/mol. The van der Waals surface area contributed by atoms with Crippen molar-refractivity contribution in [2.45, 2.75) is 146 Å². The fourth-order valence-corrected chi connectivity index (χ4v) is 16.0. The SMILES string of the molecule is CC(C)(C)c1ccc2c(c1)B1c3cccc4c3N(c3cc(N5c6ccccc6C6(C)CCCCC56C)cc(c31)N2c1ccc(C(C)(C)C)cc1-c1ccc2ccccc2c1)C1(C)CCCCC41c1ccccc1. The van der Waals surface area contributed by atoms with Gasteiger partial charge >= 0.3 is 0 Å². The first-order chi connectivity index (χ1) is 35.1. The van der Waals surface area contributed by atoms with E-state index < -0.39 is 0 Å². The number of fused-ring (bicyclic) bond motifs is 11. The molecule has 364 valence electrons. The Bertz CT molecular complexity index is 3600. The van der Waals surface area contributed by atoms with Crippen molar-refractivity contribution in [3.05, 3.63) is 192 Å². The minimum absolute atomic E-state index is 0.0183. The number of para-hydroxylation sites is 2.